The highest BCUT2D eigenvalue weighted by atomic mass is 16.5. The average Bonchev–Trinajstić information content (AvgIpc) is 2.34. The molecule has 94 valence electrons. The Morgan fingerprint density at radius 1 is 1.24 bits per heavy atom. The highest BCUT2D eigenvalue weighted by Crippen LogP contribution is 2.10. The number of carbonyl (C=O) groups is 1. The van der Waals surface area contributed by atoms with Gasteiger partial charge in [0.2, 0.25) is 0 Å². The molecule has 0 aliphatic carbocycles. The first-order valence-electron chi connectivity index (χ1n) is 5.89. The van der Waals surface area contributed by atoms with Gasteiger partial charge in [0.15, 0.2) is 6.61 Å². The van der Waals surface area contributed by atoms with Gasteiger partial charge in [0.1, 0.15) is 5.75 Å². The van der Waals surface area contributed by atoms with Crippen LogP contribution in [0, 0.1) is 6.92 Å². The number of nitrogens with one attached hydrogen (secondary N) is 2. The fourth-order valence-corrected chi connectivity index (χ4v) is 1.30. The Bertz CT molecular complexity index is 336. The number of benzene rings is 1. The van der Waals surface area contributed by atoms with Crippen LogP contribution in [0.25, 0.3) is 0 Å². The summed E-state index contributed by atoms with van der Waals surface area (Å²) in [4.78, 5) is 11.4. The molecule has 4 nitrogen and oxygen atoms in total. The molecule has 2 N–H and O–H groups in total. The predicted octanol–water partition coefficient (Wildman–Crippen LogP) is 1.10. The van der Waals surface area contributed by atoms with E-state index >= 15 is 0 Å². The van der Waals surface area contributed by atoms with E-state index in [1.165, 1.54) is 5.56 Å². The molecule has 1 aromatic carbocycles. The molecule has 0 bridgehead atoms. The quantitative estimate of drug-likeness (QED) is 0.697. The van der Waals surface area contributed by atoms with Crippen molar-refractivity contribution in [1.82, 2.24) is 10.6 Å². The van der Waals surface area contributed by atoms with Crippen LogP contribution < -0.4 is 15.4 Å². The van der Waals surface area contributed by atoms with Crippen molar-refractivity contribution in [3.8, 4) is 5.75 Å². The molecule has 0 fully saturated rings. The number of hydrogen-bond acceptors (Lipinski definition) is 3. The molecule has 0 aliphatic rings. The Kier molecular flexibility index (Phi) is 6.10. The Hall–Kier alpha value is -1.55. The van der Waals surface area contributed by atoms with Gasteiger partial charge in [0.25, 0.3) is 5.91 Å². The van der Waals surface area contributed by atoms with Gasteiger partial charge < -0.3 is 15.4 Å². The van der Waals surface area contributed by atoms with Gasteiger partial charge in [-0.15, -0.1) is 0 Å². The van der Waals surface area contributed by atoms with Gasteiger partial charge >= 0.3 is 0 Å². The van der Waals surface area contributed by atoms with E-state index in [1.807, 2.05) is 38.1 Å². The third-order valence-electron chi connectivity index (χ3n) is 2.26. The number of hydrogen-bond donors (Lipinski definition) is 2. The second-order valence-electron chi connectivity index (χ2n) is 3.81. The van der Waals surface area contributed by atoms with Crippen LogP contribution in [0.4, 0.5) is 0 Å². The minimum atomic E-state index is -0.0940. The fourth-order valence-electron chi connectivity index (χ4n) is 1.30. The molecule has 0 saturated carbocycles. The summed E-state index contributed by atoms with van der Waals surface area (Å²) in [6.45, 7) is 6.43. The Morgan fingerprint density at radius 3 is 2.59 bits per heavy atom. The molecule has 1 rings (SSSR count). The van der Waals surface area contributed by atoms with E-state index in [1.54, 1.807) is 0 Å². The van der Waals surface area contributed by atoms with Crippen molar-refractivity contribution in [1.29, 1.82) is 0 Å². The van der Waals surface area contributed by atoms with Crippen molar-refractivity contribution in [2.75, 3.05) is 26.2 Å². The minimum Gasteiger partial charge on any atom is -0.484 e. The maximum atomic E-state index is 11.4. The van der Waals surface area contributed by atoms with Crippen LogP contribution in [-0.2, 0) is 4.79 Å². The van der Waals surface area contributed by atoms with Crippen LogP contribution >= 0.6 is 0 Å². The molecule has 0 aromatic heterocycles. The van der Waals surface area contributed by atoms with Gasteiger partial charge in [-0.05, 0) is 25.6 Å². The lowest BCUT2D eigenvalue weighted by Gasteiger charge is -2.07. The molecule has 0 heterocycles. The van der Waals surface area contributed by atoms with Crippen LogP contribution in [0.3, 0.4) is 0 Å². The summed E-state index contributed by atoms with van der Waals surface area (Å²) in [5, 5.41) is 5.90. The smallest absolute Gasteiger partial charge is 0.257 e. The number of aryl methyl sites for hydroxylation is 1. The molecule has 4 heteroatoms. The summed E-state index contributed by atoms with van der Waals surface area (Å²) in [5.74, 6) is 0.626. The maximum absolute atomic E-state index is 11.4. The Balaban J connectivity index is 2.17. The monoisotopic (exact) mass is 236 g/mol. The van der Waals surface area contributed by atoms with Gasteiger partial charge in [-0.2, -0.15) is 0 Å². The van der Waals surface area contributed by atoms with Gasteiger partial charge in [-0.3, -0.25) is 4.79 Å². The van der Waals surface area contributed by atoms with Gasteiger partial charge in [0.05, 0.1) is 0 Å². The summed E-state index contributed by atoms with van der Waals surface area (Å²) in [6, 6.07) is 7.64. The third-order valence-corrected chi connectivity index (χ3v) is 2.26. The van der Waals surface area contributed by atoms with E-state index < -0.39 is 0 Å². The fraction of sp³-hybridized carbons (Fsp3) is 0.462. The first-order chi connectivity index (χ1) is 8.22. The van der Waals surface area contributed by atoms with Crippen molar-refractivity contribution < 1.29 is 9.53 Å². The lowest BCUT2D eigenvalue weighted by Crippen LogP contribution is -2.34. The lowest BCUT2D eigenvalue weighted by atomic mass is 10.2. The van der Waals surface area contributed by atoms with Crippen molar-refractivity contribution in [2.45, 2.75) is 13.8 Å². The average molecular weight is 236 g/mol. The van der Waals surface area contributed by atoms with Crippen LogP contribution in [0.5, 0.6) is 5.75 Å². The van der Waals surface area contributed by atoms with Crippen LogP contribution in [0.2, 0.25) is 0 Å². The summed E-state index contributed by atoms with van der Waals surface area (Å²) < 4.78 is 5.35. The van der Waals surface area contributed by atoms with Crippen molar-refractivity contribution in [2.24, 2.45) is 0 Å². The van der Waals surface area contributed by atoms with E-state index in [9.17, 15) is 4.79 Å². The number of rotatable bonds is 7. The zero-order valence-corrected chi connectivity index (χ0v) is 10.5. The van der Waals surface area contributed by atoms with E-state index in [0.717, 1.165) is 18.8 Å². The van der Waals surface area contributed by atoms with E-state index in [-0.39, 0.29) is 12.5 Å². The van der Waals surface area contributed by atoms with Gasteiger partial charge in [-0.25, -0.2) is 0 Å². The number of likely N-dealkylation sites (N-methyl/N-ethyl adjacent to an activating group) is 1. The SMILES string of the molecule is CCNCCNC(=O)COc1ccc(C)cc1. The molecule has 0 radical (unpaired) electrons. The van der Waals surface area contributed by atoms with Crippen LogP contribution in [0.1, 0.15) is 12.5 Å². The van der Waals surface area contributed by atoms with Gasteiger partial charge in [0, 0.05) is 13.1 Å². The summed E-state index contributed by atoms with van der Waals surface area (Å²) in [7, 11) is 0. The second-order valence-corrected chi connectivity index (χ2v) is 3.81. The second kappa shape index (κ2) is 7.68. The van der Waals surface area contributed by atoms with Crippen LogP contribution in [0.15, 0.2) is 24.3 Å². The first-order valence-corrected chi connectivity index (χ1v) is 5.89. The highest BCUT2D eigenvalue weighted by Gasteiger charge is 2.01. The summed E-state index contributed by atoms with van der Waals surface area (Å²) >= 11 is 0. The summed E-state index contributed by atoms with van der Waals surface area (Å²) in [5.41, 5.74) is 1.17. The lowest BCUT2D eigenvalue weighted by molar-refractivity contribution is -0.123. The van der Waals surface area contributed by atoms with E-state index in [2.05, 4.69) is 10.6 Å². The third kappa shape index (κ3) is 5.92. The summed E-state index contributed by atoms with van der Waals surface area (Å²) in [6.07, 6.45) is 0. The van der Waals surface area contributed by atoms with Crippen LogP contribution in [-0.4, -0.2) is 32.1 Å². The molecule has 0 saturated heterocycles. The normalized spacial score (nSPS) is 10.0. The molecular weight excluding hydrogens is 216 g/mol. The molecule has 0 unspecified atom stereocenters. The molecule has 0 aliphatic heterocycles. The van der Waals surface area contributed by atoms with Crippen molar-refractivity contribution >= 4 is 5.91 Å². The topological polar surface area (TPSA) is 50.4 Å². The standard InChI is InChI=1S/C13H20N2O2/c1-3-14-8-9-15-13(16)10-17-12-6-4-11(2)5-7-12/h4-7,14H,3,8-10H2,1-2H3,(H,15,16). The van der Waals surface area contributed by atoms with Crippen molar-refractivity contribution in [3.63, 3.8) is 0 Å². The molecule has 1 amide bonds. The molecule has 1 aromatic rings. The van der Waals surface area contributed by atoms with E-state index in [4.69, 9.17) is 4.74 Å². The largest absolute Gasteiger partial charge is 0.484 e. The highest BCUT2D eigenvalue weighted by molar-refractivity contribution is 5.77. The van der Waals surface area contributed by atoms with E-state index in [0.29, 0.717) is 6.54 Å². The number of carbonyl (C=O) groups excluding carboxylic acids is 1. The minimum absolute atomic E-state index is 0.0647. The number of ether oxygens (including phenoxy) is 1. The molecular formula is C13H20N2O2. The molecule has 0 atom stereocenters. The maximum Gasteiger partial charge on any atom is 0.257 e. The molecule has 17 heavy (non-hydrogen) atoms. The Morgan fingerprint density at radius 2 is 1.94 bits per heavy atom. The van der Waals surface area contributed by atoms with Gasteiger partial charge in [-0.1, -0.05) is 24.6 Å². The van der Waals surface area contributed by atoms with Crippen molar-refractivity contribution in [3.05, 3.63) is 29.8 Å². The zero-order chi connectivity index (χ0) is 12.5. The number of amides is 1. The first kappa shape index (κ1) is 13.5. The zero-order valence-electron chi connectivity index (χ0n) is 10.5. The predicted molar refractivity (Wildman–Crippen MR) is 68.2 cm³/mol. The Labute approximate surface area is 102 Å². The molecule has 0 spiro atoms.